The summed E-state index contributed by atoms with van der Waals surface area (Å²) >= 11 is 0. The van der Waals surface area contributed by atoms with Crippen molar-refractivity contribution in [2.24, 2.45) is 4.99 Å². The van der Waals surface area contributed by atoms with E-state index in [9.17, 15) is 0 Å². The lowest BCUT2D eigenvalue weighted by Crippen LogP contribution is -2.33. The summed E-state index contributed by atoms with van der Waals surface area (Å²) in [4.78, 5) is 16.2. The maximum absolute atomic E-state index is 4.86. The van der Waals surface area contributed by atoms with Gasteiger partial charge in [-0.2, -0.15) is 0 Å². The molecule has 5 nitrogen and oxygen atoms in total. The van der Waals surface area contributed by atoms with Crippen molar-refractivity contribution in [1.82, 2.24) is 20.2 Å². The molecule has 0 atom stereocenters. The topological polar surface area (TPSA) is 53.4 Å². The summed E-state index contributed by atoms with van der Waals surface area (Å²) in [5.41, 5.74) is 6.99. The van der Waals surface area contributed by atoms with Gasteiger partial charge in [0, 0.05) is 59.1 Å². The number of allylic oxidation sites excluding steroid dienone is 2. The predicted molar refractivity (Wildman–Crippen MR) is 125 cm³/mol. The van der Waals surface area contributed by atoms with Gasteiger partial charge in [-0.3, -0.25) is 0 Å². The SMILES string of the molecule is C=N/C(NC1(C)CC1)=C(\C)C(C(=C)N1CCc2nc(C(C)(C)C)ncc2C1)=C(C)C. The van der Waals surface area contributed by atoms with Crippen molar-refractivity contribution in [1.29, 1.82) is 0 Å². The third kappa shape index (κ3) is 4.66. The molecule has 0 unspecified atom stereocenters. The minimum atomic E-state index is -0.0355. The van der Waals surface area contributed by atoms with Crippen LogP contribution in [0.2, 0.25) is 0 Å². The number of hydrogen-bond acceptors (Lipinski definition) is 5. The van der Waals surface area contributed by atoms with Crippen LogP contribution in [0.3, 0.4) is 0 Å². The molecule has 0 aromatic carbocycles. The summed E-state index contributed by atoms with van der Waals surface area (Å²) in [7, 11) is 0. The summed E-state index contributed by atoms with van der Waals surface area (Å²) in [6.45, 7) is 25.1. The van der Waals surface area contributed by atoms with Crippen molar-refractivity contribution in [2.75, 3.05) is 6.54 Å². The first kappa shape index (κ1) is 22.3. The number of rotatable bonds is 6. The standard InChI is InChI=1S/C25H37N5/c1-16(2)21(17(3)22(26-9)29-25(8)11-12-25)18(4)30-13-10-20-19(15-30)14-27-23(28-20)24(5,6)7/h14,29H,4,9-13,15H2,1-3,5-8H3/b22-17-. The smallest absolute Gasteiger partial charge is 0.133 e. The van der Waals surface area contributed by atoms with Crippen LogP contribution < -0.4 is 5.32 Å². The molecule has 0 saturated heterocycles. The van der Waals surface area contributed by atoms with Crippen LogP contribution in [0.1, 0.15) is 78.4 Å². The highest BCUT2D eigenvalue weighted by atomic mass is 15.2. The molecule has 1 N–H and O–H groups in total. The van der Waals surface area contributed by atoms with Gasteiger partial charge < -0.3 is 10.2 Å². The molecule has 0 spiro atoms. The Hall–Kier alpha value is -2.43. The van der Waals surface area contributed by atoms with Crippen LogP contribution in [0.15, 0.2) is 46.0 Å². The first-order chi connectivity index (χ1) is 13.9. The van der Waals surface area contributed by atoms with Gasteiger partial charge in [0.15, 0.2) is 0 Å². The van der Waals surface area contributed by atoms with E-state index in [0.717, 1.165) is 48.0 Å². The van der Waals surface area contributed by atoms with E-state index < -0.39 is 0 Å². The van der Waals surface area contributed by atoms with Crippen molar-refractivity contribution < 1.29 is 0 Å². The van der Waals surface area contributed by atoms with E-state index in [1.165, 1.54) is 29.7 Å². The lowest BCUT2D eigenvalue weighted by Gasteiger charge is -2.34. The molecule has 1 aliphatic heterocycles. The monoisotopic (exact) mass is 407 g/mol. The molecule has 3 rings (SSSR count). The molecule has 1 aliphatic carbocycles. The number of aromatic nitrogens is 2. The Morgan fingerprint density at radius 2 is 1.90 bits per heavy atom. The molecule has 2 aliphatic rings. The van der Waals surface area contributed by atoms with Gasteiger partial charge in [-0.25, -0.2) is 15.0 Å². The Morgan fingerprint density at radius 1 is 1.23 bits per heavy atom. The minimum absolute atomic E-state index is 0.0355. The van der Waals surface area contributed by atoms with Crippen LogP contribution in [0.4, 0.5) is 0 Å². The van der Waals surface area contributed by atoms with Crippen LogP contribution >= 0.6 is 0 Å². The summed E-state index contributed by atoms with van der Waals surface area (Å²) in [5, 5.41) is 3.58. The van der Waals surface area contributed by atoms with E-state index in [-0.39, 0.29) is 11.0 Å². The zero-order valence-corrected chi connectivity index (χ0v) is 19.8. The molecule has 30 heavy (non-hydrogen) atoms. The summed E-state index contributed by atoms with van der Waals surface area (Å²) in [6.07, 6.45) is 5.24. The van der Waals surface area contributed by atoms with Gasteiger partial charge in [-0.05, 0) is 47.3 Å². The highest BCUT2D eigenvalue weighted by molar-refractivity contribution is 5.50. The van der Waals surface area contributed by atoms with E-state index in [2.05, 4.69) is 82.0 Å². The number of hydrogen-bond donors (Lipinski definition) is 1. The molecule has 0 amide bonds. The summed E-state index contributed by atoms with van der Waals surface area (Å²) in [6, 6.07) is 0. The molecule has 5 heteroatoms. The molecule has 0 radical (unpaired) electrons. The summed E-state index contributed by atoms with van der Waals surface area (Å²) < 4.78 is 0. The molecular weight excluding hydrogens is 370 g/mol. The normalized spacial score (nSPS) is 18.2. The zero-order chi connectivity index (χ0) is 22.3. The second-order valence-electron chi connectivity index (χ2n) is 10.2. The molecule has 1 fully saturated rings. The van der Waals surface area contributed by atoms with Crippen LogP contribution in [0.5, 0.6) is 0 Å². The van der Waals surface area contributed by atoms with Crippen molar-refractivity contribution in [3.8, 4) is 0 Å². The van der Waals surface area contributed by atoms with Crippen molar-refractivity contribution in [3.63, 3.8) is 0 Å². The van der Waals surface area contributed by atoms with E-state index in [4.69, 9.17) is 4.98 Å². The fraction of sp³-hybridized carbons (Fsp3) is 0.560. The largest absolute Gasteiger partial charge is 0.367 e. The Morgan fingerprint density at radius 3 is 2.43 bits per heavy atom. The Balaban J connectivity index is 1.86. The third-order valence-corrected chi connectivity index (χ3v) is 6.08. The fourth-order valence-electron chi connectivity index (χ4n) is 3.91. The Labute approximate surface area is 182 Å². The van der Waals surface area contributed by atoms with Crippen LogP contribution in [-0.4, -0.2) is 33.7 Å². The second kappa shape index (κ2) is 8.01. The third-order valence-electron chi connectivity index (χ3n) is 6.08. The van der Waals surface area contributed by atoms with Gasteiger partial charge in [0.1, 0.15) is 11.6 Å². The highest BCUT2D eigenvalue weighted by Crippen LogP contribution is 2.37. The van der Waals surface area contributed by atoms with Crippen LogP contribution in [0.25, 0.3) is 0 Å². The van der Waals surface area contributed by atoms with Crippen molar-refractivity contribution in [2.45, 2.75) is 85.2 Å². The van der Waals surface area contributed by atoms with Gasteiger partial charge in [0.05, 0.1) is 5.69 Å². The first-order valence-electron chi connectivity index (χ1n) is 10.9. The Kier molecular flexibility index (Phi) is 5.94. The zero-order valence-electron chi connectivity index (χ0n) is 19.8. The maximum Gasteiger partial charge on any atom is 0.133 e. The van der Waals surface area contributed by atoms with Crippen molar-refractivity contribution >= 4 is 6.72 Å². The molecule has 162 valence electrons. The first-order valence-corrected chi connectivity index (χ1v) is 10.9. The number of nitrogens with one attached hydrogen (secondary N) is 1. The summed E-state index contributed by atoms with van der Waals surface area (Å²) in [5.74, 6) is 1.78. The molecule has 0 bridgehead atoms. The van der Waals surface area contributed by atoms with Gasteiger partial charge in [0.2, 0.25) is 0 Å². The maximum atomic E-state index is 4.86. The van der Waals surface area contributed by atoms with E-state index in [1.54, 1.807) is 0 Å². The van der Waals surface area contributed by atoms with Gasteiger partial charge in [-0.1, -0.05) is 32.9 Å². The van der Waals surface area contributed by atoms with Crippen molar-refractivity contribution in [3.05, 3.63) is 58.1 Å². The highest BCUT2D eigenvalue weighted by Gasteiger charge is 2.38. The van der Waals surface area contributed by atoms with Crippen LogP contribution in [-0.2, 0) is 18.4 Å². The van der Waals surface area contributed by atoms with Crippen LogP contribution in [0, 0.1) is 0 Å². The average molecular weight is 408 g/mol. The lowest BCUT2D eigenvalue weighted by molar-refractivity contribution is 0.323. The van der Waals surface area contributed by atoms with Gasteiger partial charge >= 0.3 is 0 Å². The van der Waals surface area contributed by atoms with Gasteiger partial charge in [0.25, 0.3) is 0 Å². The number of nitrogens with zero attached hydrogens (tertiary/aromatic N) is 4. The average Bonchev–Trinajstić information content (AvgIpc) is 3.41. The molecule has 1 aromatic rings. The van der Waals surface area contributed by atoms with E-state index in [1.807, 2.05) is 6.20 Å². The van der Waals surface area contributed by atoms with Gasteiger partial charge in [-0.15, -0.1) is 0 Å². The fourth-order valence-corrected chi connectivity index (χ4v) is 3.91. The molecule has 1 saturated carbocycles. The Bertz CT molecular complexity index is 921. The molecular formula is C25H37N5. The minimum Gasteiger partial charge on any atom is -0.367 e. The van der Waals surface area contributed by atoms with E-state index >= 15 is 0 Å². The molecule has 1 aromatic heterocycles. The molecule has 2 heterocycles. The van der Waals surface area contributed by atoms with E-state index in [0.29, 0.717) is 0 Å². The number of aliphatic imine (C=N–C) groups is 1. The predicted octanol–water partition coefficient (Wildman–Crippen LogP) is 5.06. The lowest BCUT2D eigenvalue weighted by atomic mass is 9.94. The quantitative estimate of drug-likeness (QED) is 0.529. The number of fused-ring (bicyclic) bond motifs is 1. The second-order valence-corrected chi connectivity index (χ2v) is 10.2.